The summed E-state index contributed by atoms with van der Waals surface area (Å²) in [6.07, 6.45) is 15.8. The van der Waals surface area contributed by atoms with Crippen LogP contribution in [0, 0.1) is 35.5 Å². The number of methoxy groups -OCH3 is 3. The average Bonchev–Trinajstić information content (AvgIpc) is 3.88. The molecule has 384 valence electrons. The van der Waals surface area contributed by atoms with Gasteiger partial charge in [-0.3, -0.25) is 19.2 Å². The van der Waals surface area contributed by atoms with Gasteiger partial charge >= 0.3 is 5.97 Å². The zero-order valence-corrected chi connectivity index (χ0v) is 42.7. The van der Waals surface area contributed by atoms with E-state index in [9.17, 15) is 34.2 Å². The number of aliphatic hydroxyl groups is 2. The number of aromatic nitrogens is 3. The van der Waals surface area contributed by atoms with Crippen molar-refractivity contribution in [2.45, 2.75) is 180 Å². The van der Waals surface area contributed by atoms with E-state index >= 15 is 0 Å². The van der Waals surface area contributed by atoms with Crippen molar-refractivity contribution in [3.8, 4) is 0 Å². The first-order chi connectivity index (χ1) is 32.8. The van der Waals surface area contributed by atoms with E-state index in [-0.39, 0.29) is 60.9 Å². The number of carbonyl (C=O) groups excluding carboxylic acids is 5. The van der Waals surface area contributed by atoms with Crippen molar-refractivity contribution in [3.05, 3.63) is 60.3 Å². The predicted molar refractivity (Wildman–Crippen MR) is 258 cm³/mol. The van der Waals surface area contributed by atoms with Crippen molar-refractivity contribution in [2.75, 3.05) is 27.9 Å². The molecule has 16 heteroatoms. The van der Waals surface area contributed by atoms with Crippen LogP contribution in [0.1, 0.15) is 132 Å². The molecule has 1 amide bonds. The van der Waals surface area contributed by atoms with Crippen molar-refractivity contribution >= 4 is 29.2 Å². The van der Waals surface area contributed by atoms with Crippen molar-refractivity contribution in [1.82, 2.24) is 19.7 Å². The first kappa shape index (κ1) is 55.7. The van der Waals surface area contributed by atoms with Crippen LogP contribution in [-0.2, 0) is 47.7 Å². The molecule has 2 saturated heterocycles. The third-order valence-corrected chi connectivity index (χ3v) is 15.3. The van der Waals surface area contributed by atoms with Crippen LogP contribution in [-0.4, -0.2) is 135 Å². The molecule has 16 nitrogen and oxygen atoms in total. The molecule has 4 heterocycles. The van der Waals surface area contributed by atoms with Gasteiger partial charge in [0.2, 0.25) is 5.79 Å². The number of piperidine rings is 1. The third-order valence-electron chi connectivity index (χ3n) is 15.3. The third kappa shape index (κ3) is 14.2. The minimum atomic E-state index is -2.43. The number of aliphatic hydroxyl groups excluding tert-OH is 1. The number of ketones is 3. The molecule has 1 aromatic heterocycles. The number of hydrogen-bond acceptors (Lipinski definition) is 14. The van der Waals surface area contributed by atoms with Gasteiger partial charge in [-0.2, -0.15) is 5.10 Å². The van der Waals surface area contributed by atoms with Crippen LogP contribution in [0.5, 0.6) is 0 Å². The number of amides is 1. The van der Waals surface area contributed by atoms with Gasteiger partial charge in [0, 0.05) is 58.5 Å². The average molecular weight is 965 g/mol. The van der Waals surface area contributed by atoms with Crippen LogP contribution in [0.25, 0.3) is 0 Å². The number of hydrogen-bond donors (Lipinski definition) is 2. The molecule has 0 aromatic carbocycles. The fraction of sp³-hybridized carbons (Fsp3) is 0.717. The maximum atomic E-state index is 14.5. The molecule has 4 aliphatic rings. The Bertz CT molecular complexity index is 2020. The fourth-order valence-electron chi connectivity index (χ4n) is 10.8. The number of carbonyl (C=O) groups is 5. The molecule has 1 saturated carbocycles. The summed E-state index contributed by atoms with van der Waals surface area (Å²) < 4.78 is 31.7. The highest BCUT2D eigenvalue weighted by Gasteiger charge is 2.53. The molecule has 15 atom stereocenters. The lowest BCUT2D eigenvalue weighted by Crippen LogP contribution is -2.61. The summed E-state index contributed by atoms with van der Waals surface area (Å²) in [6.45, 7) is 12.8. The molecule has 1 aromatic rings. The summed E-state index contributed by atoms with van der Waals surface area (Å²) in [4.78, 5) is 76.5. The monoisotopic (exact) mass is 965 g/mol. The molecule has 2 N–H and O–H groups in total. The van der Waals surface area contributed by atoms with Crippen LogP contribution >= 0.6 is 0 Å². The van der Waals surface area contributed by atoms with E-state index in [2.05, 4.69) is 10.1 Å². The minimum Gasteiger partial charge on any atom is -0.460 e. The molecular formula is C53H80N4O12. The van der Waals surface area contributed by atoms with E-state index < -0.39 is 77.8 Å². The van der Waals surface area contributed by atoms with Crippen molar-refractivity contribution in [3.63, 3.8) is 0 Å². The Kier molecular flexibility index (Phi) is 20.8. The number of Topliss-reactive ketones (excluding diaryl/α,β-unsaturated/α-hetero) is 3. The zero-order valence-electron chi connectivity index (χ0n) is 42.7. The normalized spacial score (nSPS) is 38.8. The summed E-state index contributed by atoms with van der Waals surface area (Å²) in [6, 6.07) is -1.13. The van der Waals surface area contributed by atoms with Gasteiger partial charge in [0.25, 0.3) is 11.7 Å². The highest BCUT2D eigenvalue weighted by atomic mass is 16.6. The van der Waals surface area contributed by atoms with E-state index in [0.717, 1.165) is 18.4 Å². The van der Waals surface area contributed by atoms with Crippen LogP contribution in [0.3, 0.4) is 0 Å². The number of ether oxygens (including phenoxy) is 5. The highest BCUT2D eigenvalue weighted by molar-refractivity contribution is 6.39. The Hall–Kier alpha value is -4.19. The molecular weight excluding hydrogens is 885 g/mol. The van der Waals surface area contributed by atoms with Gasteiger partial charge in [0.1, 0.15) is 42.8 Å². The van der Waals surface area contributed by atoms with Gasteiger partial charge in [-0.25, -0.2) is 14.5 Å². The lowest BCUT2D eigenvalue weighted by molar-refractivity contribution is -0.265. The van der Waals surface area contributed by atoms with Gasteiger partial charge in [-0.15, -0.1) is 0 Å². The molecule has 0 spiro atoms. The number of nitrogens with zero attached hydrogens (tertiary/aromatic N) is 4. The first-order valence-electron chi connectivity index (χ1n) is 25.2. The predicted octanol–water partition coefficient (Wildman–Crippen LogP) is 6.65. The fourth-order valence-corrected chi connectivity index (χ4v) is 10.8. The number of cyclic esters (lactones) is 1. The van der Waals surface area contributed by atoms with Crippen LogP contribution < -0.4 is 0 Å². The van der Waals surface area contributed by atoms with Crippen LogP contribution in [0.4, 0.5) is 0 Å². The number of rotatable bonds is 7. The van der Waals surface area contributed by atoms with Gasteiger partial charge in [0.15, 0.2) is 5.78 Å². The Morgan fingerprint density at radius 2 is 1.64 bits per heavy atom. The SMILES string of the molecule is CO[C@H]1C[C@@H]2CC[C@@H](C)[C@@](O)(O2)C(=O)C(=O)N2CCCC[C@H]2C(=O)O[C@H]([C@H](C)C[C@@H]2CC[C@H](n3cncn3)[C@H](OC)C2)CC(=O)[C@H](C)/C=C(\C)[C@@H](O)[C@@H](OC)C(=O)[C@H](C)C[C@H](C)/C=C/C=C/C=C/1C. The van der Waals surface area contributed by atoms with E-state index in [1.165, 1.54) is 18.3 Å². The lowest BCUT2D eigenvalue weighted by atomic mass is 9.77. The maximum Gasteiger partial charge on any atom is 0.329 e. The van der Waals surface area contributed by atoms with Crippen LogP contribution in [0.15, 0.2) is 60.3 Å². The number of fused-ring (bicyclic) bond motifs is 3. The minimum absolute atomic E-state index is 0.0108. The zero-order chi connectivity index (χ0) is 50.6. The largest absolute Gasteiger partial charge is 0.460 e. The topological polar surface area (TPSA) is 206 Å². The first-order valence-corrected chi connectivity index (χ1v) is 25.2. The smallest absolute Gasteiger partial charge is 0.329 e. The molecule has 0 unspecified atom stereocenters. The van der Waals surface area contributed by atoms with Crippen LogP contribution in [0.2, 0.25) is 0 Å². The summed E-state index contributed by atoms with van der Waals surface area (Å²) in [5, 5.41) is 27.8. The lowest BCUT2D eigenvalue weighted by Gasteiger charge is -2.42. The second-order valence-corrected chi connectivity index (χ2v) is 20.5. The quantitative estimate of drug-likeness (QED) is 0.167. The van der Waals surface area contributed by atoms with Crippen molar-refractivity contribution in [2.24, 2.45) is 35.5 Å². The Balaban J connectivity index is 1.46. The molecule has 3 fully saturated rings. The van der Waals surface area contributed by atoms with Crippen molar-refractivity contribution in [1.29, 1.82) is 0 Å². The molecule has 1 aliphatic carbocycles. The molecule has 5 rings (SSSR count). The Morgan fingerprint density at radius 3 is 2.32 bits per heavy atom. The molecule has 69 heavy (non-hydrogen) atoms. The second-order valence-electron chi connectivity index (χ2n) is 20.5. The molecule has 2 bridgehead atoms. The van der Waals surface area contributed by atoms with Gasteiger partial charge in [0.05, 0.1) is 24.4 Å². The Morgan fingerprint density at radius 1 is 0.884 bits per heavy atom. The number of allylic oxidation sites excluding steroid dienone is 6. The summed E-state index contributed by atoms with van der Waals surface area (Å²) in [5.41, 5.74) is 1.28. The summed E-state index contributed by atoms with van der Waals surface area (Å²) in [7, 11) is 4.65. The standard InChI is InChI=1S/C53H80N4O12/c1-32-16-12-11-13-17-33(2)44(65-8)28-40-21-19-38(7)53(64,69-40)50(61)51(62)56-23-15-14-18-42(56)52(63)68-45(35(4)26-39-20-22-41(46(27-39)66-9)57-31-54-30-55-57)29-43(58)34(3)25-37(6)48(60)49(67-10)47(59)36(5)24-32/h11-13,16-17,25,30-32,34-36,38-42,44-46,48-49,60,64H,14-15,18-24,26-29H2,1-10H3/b13-11+,16-12+,33-17+,37-25+/t32-,34-,35-,36-,38-,39+,40+,41+,42+,44+,45+,46-,48-,49+,53-/m1/s1. The molecule has 3 aliphatic heterocycles. The van der Waals surface area contributed by atoms with E-state index in [1.807, 2.05) is 62.8 Å². The summed E-state index contributed by atoms with van der Waals surface area (Å²) >= 11 is 0. The van der Waals surface area contributed by atoms with E-state index in [1.54, 1.807) is 47.4 Å². The van der Waals surface area contributed by atoms with Gasteiger partial charge < -0.3 is 38.8 Å². The molecule has 0 radical (unpaired) electrons. The maximum absolute atomic E-state index is 14.5. The van der Waals surface area contributed by atoms with Gasteiger partial charge in [-0.1, -0.05) is 71.1 Å². The van der Waals surface area contributed by atoms with E-state index in [4.69, 9.17) is 23.7 Å². The number of esters is 1. The Labute approximate surface area is 409 Å². The summed E-state index contributed by atoms with van der Waals surface area (Å²) in [5.74, 6) is -7.84. The van der Waals surface area contributed by atoms with E-state index in [0.29, 0.717) is 56.9 Å². The highest BCUT2D eigenvalue weighted by Crippen LogP contribution is 2.39. The van der Waals surface area contributed by atoms with Gasteiger partial charge in [-0.05, 0) is 107 Å². The van der Waals surface area contributed by atoms with Crippen molar-refractivity contribution < 1.29 is 57.9 Å². The second kappa shape index (κ2) is 25.8.